The summed E-state index contributed by atoms with van der Waals surface area (Å²) in [5.74, 6) is 0. The van der Waals surface area contributed by atoms with Gasteiger partial charge in [0.1, 0.15) is 5.60 Å². The van der Waals surface area contributed by atoms with Crippen molar-refractivity contribution >= 4 is 20.4 Å². The molecule has 27 heavy (non-hydrogen) atoms. The molecule has 3 amide bonds. The lowest BCUT2D eigenvalue weighted by molar-refractivity contribution is -0.0296. The fourth-order valence-corrected chi connectivity index (χ4v) is 3.90. The summed E-state index contributed by atoms with van der Waals surface area (Å²) in [4.78, 5) is 26.7. The monoisotopic (exact) mass is 397 g/mol. The number of nitrogens with zero attached hydrogens (tertiary/aromatic N) is 2. The largest absolute Gasteiger partial charge is 0.444 e. The molecule has 8 heteroatoms. The number of ether oxygens (including phenoxy) is 1. The molecule has 0 spiro atoms. The van der Waals surface area contributed by atoms with E-state index < -0.39 is 20.0 Å². The number of fused-ring (bicyclic) bond motifs is 2. The Balaban J connectivity index is 2.07. The Kier molecular flexibility index (Phi) is 5.74. The van der Waals surface area contributed by atoms with Gasteiger partial charge in [0.2, 0.25) is 8.32 Å². The Hall–Kier alpha value is -1.54. The maximum Gasteiger partial charge on any atom is 0.407 e. The van der Waals surface area contributed by atoms with Gasteiger partial charge in [0.25, 0.3) is 0 Å². The van der Waals surface area contributed by atoms with E-state index in [0.29, 0.717) is 13.1 Å². The van der Waals surface area contributed by atoms with Gasteiger partial charge in [0.05, 0.1) is 12.1 Å². The van der Waals surface area contributed by atoms with Crippen LogP contribution in [0, 0.1) is 0 Å². The Bertz CT molecular complexity index is 634. The van der Waals surface area contributed by atoms with Gasteiger partial charge in [-0.05, 0) is 45.8 Å². The predicted octanol–water partition coefficient (Wildman–Crippen LogP) is 3.88. The van der Waals surface area contributed by atoms with Gasteiger partial charge in [-0.25, -0.2) is 14.7 Å². The number of nitrogens with one attached hydrogen (secondary N) is 1. The molecule has 2 heterocycles. The Morgan fingerprint density at radius 1 is 1.26 bits per heavy atom. The van der Waals surface area contributed by atoms with Crippen molar-refractivity contribution in [1.82, 2.24) is 15.3 Å². The zero-order valence-corrected chi connectivity index (χ0v) is 19.2. The van der Waals surface area contributed by atoms with Crippen LogP contribution in [0.2, 0.25) is 18.1 Å². The van der Waals surface area contributed by atoms with Gasteiger partial charge < -0.3 is 19.5 Å². The summed E-state index contributed by atoms with van der Waals surface area (Å²) in [6.07, 6.45) is 1.61. The van der Waals surface area contributed by atoms with Crippen molar-refractivity contribution in [3.8, 4) is 0 Å². The first kappa shape index (κ1) is 21.8. The standard InChI is InChI=1S/C19H35N3O4Si/c1-13-10-14-12-21(15(13)11-20-16(23)25-18(2,3)4)17(24)22(14)26-27(8,9)19(5,6)7/h10,14-15H,11-12H2,1-9H3,(H,20,23)/t14-,15-/m1/s1. The van der Waals surface area contributed by atoms with E-state index in [9.17, 15) is 9.59 Å². The van der Waals surface area contributed by atoms with Crippen LogP contribution in [0.25, 0.3) is 0 Å². The van der Waals surface area contributed by atoms with Crippen LogP contribution in [-0.4, -0.2) is 61.2 Å². The quantitative estimate of drug-likeness (QED) is 0.577. The minimum atomic E-state index is -2.12. The molecular weight excluding hydrogens is 362 g/mol. The number of carbonyl (C=O) groups excluding carboxylic acids is 2. The first-order valence-corrected chi connectivity index (χ1v) is 12.5. The van der Waals surface area contributed by atoms with Crippen molar-refractivity contribution in [3.63, 3.8) is 0 Å². The minimum absolute atomic E-state index is 0.00966. The molecule has 2 rings (SSSR count). The van der Waals surface area contributed by atoms with Gasteiger partial charge in [-0.2, -0.15) is 0 Å². The van der Waals surface area contributed by atoms with Crippen molar-refractivity contribution in [1.29, 1.82) is 0 Å². The lowest BCUT2D eigenvalue weighted by Gasteiger charge is -2.39. The van der Waals surface area contributed by atoms with Crippen molar-refractivity contribution in [3.05, 3.63) is 11.6 Å². The van der Waals surface area contributed by atoms with Crippen LogP contribution in [0.1, 0.15) is 48.5 Å². The number of hydroxylamine groups is 2. The van der Waals surface area contributed by atoms with Gasteiger partial charge in [0, 0.05) is 13.1 Å². The van der Waals surface area contributed by atoms with Gasteiger partial charge in [-0.3, -0.25) is 0 Å². The van der Waals surface area contributed by atoms with Crippen molar-refractivity contribution in [2.45, 2.75) is 84.3 Å². The second kappa shape index (κ2) is 7.13. The van der Waals surface area contributed by atoms with Crippen molar-refractivity contribution < 1.29 is 18.9 Å². The topological polar surface area (TPSA) is 71.1 Å². The summed E-state index contributed by atoms with van der Waals surface area (Å²) < 4.78 is 11.6. The van der Waals surface area contributed by atoms with Crippen LogP contribution in [0.4, 0.5) is 9.59 Å². The number of hydrogen-bond donors (Lipinski definition) is 1. The van der Waals surface area contributed by atoms with E-state index in [1.807, 2.05) is 27.7 Å². The smallest absolute Gasteiger partial charge is 0.407 e. The highest BCUT2D eigenvalue weighted by atomic mass is 28.4. The van der Waals surface area contributed by atoms with Crippen LogP contribution >= 0.6 is 0 Å². The summed E-state index contributed by atoms with van der Waals surface area (Å²) in [6.45, 7) is 19.1. The molecule has 1 N–H and O–H groups in total. The first-order valence-electron chi connectivity index (χ1n) is 9.56. The average molecular weight is 398 g/mol. The molecule has 0 radical (unpaired) electrons. The molecule has 2 bridgehead atoms. The van der Waals surface area contributed by atoms with Crippen LogP contribution in [-0.2, 0) is 9.26 Å². The number of alkyl carbamates (subject to hydrolysis) is 1. The van der Waals surface area contributed by atoms with E-state index in [1.54, 1.807) is 9.96 Å². The highest BCUT2D eigenvalue weighted by molar-refractivity contribution is 6.74. The summed E-state index contributed by atoms with van der Waals surface area (Å²) in [5.41, 5.74) is 0.501. The first-order chi connectivity index (χ1) is 12.1. The van der Waals surface area contributed by atoms with Crippen LogP contribution in [0.15, 0.2) is 11.6 Å². The molecule has 2 aliphatic heterocycles. The third-order valence-corrected chi connectivity index (χ3v) is 9.71. The Morgan fingerprint density at radius 2 is 1.85 bits per heavy atom. The lowest BCUT2D eigenvalue weighted by Crippen LogP contribution is -2.50. The second-order valence-electron chi connectivity index (χ2n) is 9.99. The Morgan fingerprint density at radius 3 is 2.37 bits per heavy atom. The maximum absolute atomic E-state index is 13.0. The fourth-order valence-electron chi connectivity index (χ4n) is 2.92. The van der Waals surface area contributed by atoms with E-state index in [4.69, 9.17) is 9.26 Å². The normalized spacial score (nSPS) is 23.4. The molecule has 0 unspecified atom stereocenters. The molecule has 2 aliphatic rings. The third-order valence-electron chi connectivity index (χ3n) is 5.45. The molecule has 1 saturated heterocycles. The zero-order chi connectivity index (χ0) is 20.8. The summed E-state index contributed by atoms with van der Waals surface area (Å²) in [6, 6.07) is -0.396. The molecule has 0 aromatic rings. The predicted molar refractivity (Wildman–Crippen MR) is 108 cm³/mol. The fraction of sp³-hybridized carbons (Fsp3) is 0.789. The number of carbonyl (C=O) groups is 2. The SMILES string of the molecule is CC1=C[C@@H]2CN(C(=O)N2O[Si](C)(C)C(C)(C)C)[C@@H]1CNC(=O)OC(C)(C)C. The van der Waals surface area contributed by atoms with E-state index in [1.165, 1.54) is 0 Å². The molecule has 2 atom stereocenters. The number of hydrogen-bond acceptors (Lipinski definition) is 4. The van der Waals surface area contributed by atoms with Gasteiger partial charge in [-0.15, -0.1) is 0 Å². The summed E-state index contributed by atoms with van der Waals surface area (Å²) in [5, 5.41) is 4.34. The van der Waals surface area contributed by atoms with Gasteiger partial charge in [-0.1, -0.05) is 32.4 Å². The number of amides is 3. The summed E-state index contributed by atoms with van der Waals surface area (Å²) in [7, 11) is -2.12. The van der Waals surface area contributed by atoms with Gasteiger partial charge in [0.15, 0.2) is 0 Å². The molecule has 0 aromatic heterocycles. The average Bonchev–Trinajstić information content (AvgIpc) is 2.69. The molecule has 154 valence electrons. The van der Waals surface area contributed by atoms with E-state index >= 15 is 0 Å². The molecule has 0 aliphatic carbocycles. The third kappa shape index (κ3) is 4.84. The van der Waals surface area contributed by atoms with Crippen molar-refractivity contribution in [2.24, 2.45) is 0 Å². The van der Waals surface area contributed by atoms with Crippen LogP contribution < -0.4 is 5.32 Å². The molecule has 0 aromatic carbocycles. The maximum atomic E-state index is 13.0. The lowest BCUT2D eigenvalue weighted by atomic mass is 10.0. The van der Waals surface area contributed by atoms with Crippen LogP contribution in [0.5, 0.6) is 0 Å². The number of rotatable bonds is 4. The second-order valence-corrected chi connectivity index (χ2v) is 14.7. The zero-order valence-electron chi connectivity index (χ0n) is 18.2. The van der Waals surface area contributed by atoms with E-state index in [-0.39, 0.29) is 23.2 Å². The Labute approximate surface area is 164 Å². The molecular formula is C19H35N3O4Si. The van der Waals surface area contributed by atoms with Crippen molar-refractivity contribution in [2.75, 3.05) is 13.1 Å². The van der Waals surface area contributed by atoms with Gasteiger partial charge >= 0.3 is 12.1 Å². The summed E-state index contributed by atoms with van der Waals surface area (Å²) >= 11 is 0. The van der Waals surface area contributed by atoms with E-state index in [0.717, 1.165) is 5.57 Å². The molecule has 0 saturated carbocycles. The number of urea groups is 1. The molecule has 1 fully saturated rings. The minimum Gasteiger partial charge on any atom is -0.444 e. The van der Waals surface area contributed by atoms with Crippen LogP contribution in [0.3, 0.4) is 0 Å². The highest BCUT2D eigenvalue weighted by Gasteiger charge is 2.49. The van der Waals surface area contributed by atoms with E-state index in [2.05, 4.69) is 45.3 Å². The highest BCUT2D eigenvalue weighted by Crippen LogP contribution is 2.39. The molecule has 7 nitrogen and oxygen atoms in total.